The molecule has 3 rings (SSSR count). The molecule has 1 aliphatic rings. The van der Waals surface area contributed by atoms with Gasteiger partial charge >= 0.3 is 0 Å². The van der Waals surface area contributed by atoms with E-state index >= 15 is 0 Å². The summed E-state index contributed by atoms with van der Waals surface area (Å²) in [7, 11) is 1.59. The van der Waals surface area contributed by atoms with Crippen molar-refractivity contribution in [2.24, 2.45) is 11.8 Å². The van der Waals surface area contributed by atoms with Crippen LogP contribution in [-0.4, -0.2) is 55.4 Å². The number of piperidine rings is 1. The molecule has 1 saturated heterocycles. The smallest absolute Gasteiger partial charge is 0.262 e. The van der Waals surface area contributed by atoms with Gasteiger partial charge in [0.1, 0.15) is 11.8 Å². The molecule has 2 aromatic rings. The molecule has 32 heavy (non-hydrogen) atoms. The van der Waals surface area contributed by atoms with Crippen LogP contribution in [0.4, 0.5) is 0 Å². The third-order valence-electron chi connectivity index (χ3n) is 5.63. The Balaban J connectivity index is 1.64. The first-order chi connectivity index (χ1) is 15.4. The van der Waals surface area contributed by atoms with Gasteiger partial charge in [-0.3, -0.25) is 14.4 Å². The van der Waals surface area contributed by atoms with E-state index in [4.69, 9.17) is 4.74 Å². The number of rotatable bonds is 8. The van der Waals surface area contributed by atoms with Crippen LogP contribution < -0.4 is 15.4 Å². The van der Waals surface area contributed by atoms with Crippen LogP contribution in [0.15, 0.2) is 41.8 Å². The Labute approximate surface area is 193 Å². The Morgan fingerprint density at radius 2 is 1.81 bits per heavy atom. The maximum Gasteiger partial charge on any atom is 0.262 e. The molecule has 3 amide bonds. The summed E-state index contributed by atoms with van der Waals surface area (Å²) in [6.07, 6.45) is 1.29. The molecule has 172 valence electrons. The Morgan fingerprint density at radius 1 is 1.12 bits per heavy atom. The fourth-order valence-corrected chi connectivity index (χ4v) is 4.41. The Kier molecular flexibility index (Phi) is 8.27. The average Bonchev–Trinajstić information content (AvgIpc) is 3.36. The van der Waals surface area contributed by atoms with Crippen LogP contribution in [0.2, 0.25) is 0 Å². The van der Waals surface area contributed by atoms with E-state index in [9.17, 15) is 14.4 Å². The van der Waals surface area contributed by atoms with Gasteiger partial charge in [-0.25, -0.2) is 0 Å². The van der Waals surface area contributed by atoms with Crippen molar-refractivity contribution in [2.45, 2.75) is 32.7 Å². The van der Waals surface area contributed by atoms with Crippen LogP contribution >= 0.6 is 11.3 Å². The number of carbonyl (C=O) groups excluding carboxylic acids is 3. The van der Waals surface area contributed by atoms with E-state index < -0.39 is 6.04 Å². The summed E-state index contributed by atoms with van der Waals surface area (Å²) in [5, 5.41) is 7.74. The Bertz CT molecular complexity index is 904. The minimum Gasteiger partial charge on any atom is -0.497 e. The van der Waals surface area contributed by atoms with Crippen LogP contribution in [0.25, 0.3) is 0 Å². The van der Waals surface area contributed by atoms with E-state index in [0.29, 0.717) is 54.6 Å². The van der Waals surface area contributed by atoms with Gasteiger partial charge in [0.2, 0.25) is 5.91 Å². The molecular formula is C24H31N3O4S. The minimum absolute atomic E-state index is 0.0328. The SMILES string of the molecule is COc1ccc(C(=O)N2CCC([C@@H](NC(=O)c3cccs3)C(=O)NCC(C)C)CC2)cc1. The highest BCUT2D eigenvalue weighted by Gasteiger charge is 2.34. The lowest BCUT2D eigenvalue weighted by atomic mass is 9.88. The van der Waals surface area contributed by atoms with E-state index in [1.54, 1.807) is 37.4 Å². The van der Waals surface area contributed by atoms with Gasteiger partial charge in [-0.2, -0.15) is 0 Å². The highest BCUT2D eigenvalue weighted by molar-refractivity contribution is 7.12. The summed E-state index contributed by atoms with van der Waals surface area (Å²) in [5.74, 6) is 0.555. The van der Waals surface area contributed by atoms with Gasteiger partial charge in [-0.1, -0.05) is 19.9 Å². The number of methoxy groups -OCH3 is 1. The van der Waals surface area contributed by atoms with Gasteiger partial charge in [0.05, 0.1) is 12.0 Å². The predicted octanol–water partition coefficient (Wildman–Crippen LogP) is 3.18. The second-order valence-corrected chi connectivity index (χ2v) is 9.37. The minimum atomic E-state index is -0.624. The summed E-state index contributed by atoms with van der Waals surface area (Å²) in [6.45, 7) is 5.70. The number of likely N-dealkylation sites (tertiary alicyclic amines) is 1. The molecule has 1 aromatic carbocycles. The molecule has 0 radical (unpaired) electrons. The topological polar surface area (TPSA) is 87.7 Å². The quantitative estimate of drug-likeness (QED) is 0.637. The first kappa shape index (κ1) is 23.8. The maximum absolute atomic E-state index is 12.9. The van der Waals surface area contributed by atoms with Gasteiger partial charge in [0.15, 0.2) is 0 Å². The van der Waals surface area contributed by atoms with Crippen LogP contribution in [0.3, 0.4) is 0 Å². The number of amides is 3. The maximum atomic E-state index is 12.9. The van der Waals surface area contributed by atoms with Gasteiger partial charge in [-0.15, -0.1) is 11.3 Å². The normalized spacial score (nSPS) is 15.3. The number of nitrogens with zero attached hydrogens (tertiary/aromatic N) is 1. The number of carbonyl (C=O) groups is 3. The lowest BCUT2D eigenvalue weighted by Gasteiger charge is -2.36. The lowest BCUT2D eigenvalue weighted by Crippen LogP contribution is -2.54. The molecule has 8 heteroatoms. The molecule has 0 aliphatic carbocycles. The zero-order valence-electron chi connectivity index (χ0n) is 18.8. The highest BCUT2D eigenvalue weighted by Crippen LogP contribution is 2.24. The number of benzene rings is 1. The largest absolute Gasteiger partial charge is 0.497 e. The predicted molar refractivity (Wildman–Crippen MR) is 125 cm³/mol. The second-order valence-electron chi connectivity index (χ2n) is 8.43. The molecule has 0 unspecified atom stereocenters. The van der Waals surface area contributed by atoms with Crippen molar-refractivity contribution in [1.29, 1.82) is 0 Å². The van der Waals surface area contributed by atoms with Crippen molar-refractivity contribution in [3.8, 4) is 5.75 Å². The van der Waals surface area contributed by atoms with Crippen molar-refractivity contribution in [1.82, 2.24) is 15.5 Å². The summed E-state index contributed by atoms with van der Waals surface area (Å²) in [6, 6.07) is 10.0. The van der Waals surface area contributed by atoms with Crippen LogP contribution in [0.5, 0.6) is 5.75 Å². The zero-order chi connectivity index (χ0) is 23.1. The third-order valence-corrected chi connectivity index (χ3v) is 6.50. The number of hydrogen-bond donors (Lipinski definition) is 2. The van der Waals surface area contributed by atoms with Gasteiger partial charge in [0, 0.05) is 25.2 Å². The Morgan fingerprint density at radius 3 is 2.38 bits per heavy atom. The second kappa shape index (κ2) is 11.1. The van der Waals surface area contributed by atoms with E-state index in [-0.39, 0.29) is 23.6 Å². The van der Waals surface area contributed by atoms with Gasteiger partial charge < -0.3 is 20.3 Å². The van der Waals surface area contributed by atoms with Crippen LogP contribution in [0.1, 0.15) is 46.7 Å². The Hall–Kier alpha value is -2.87. The first-order valence-electron chi connectivity index (χ1n) is 10.9. The molecule has 7 nitrogen and oxygen atoms in total. The van der Waals surface area contributed by atoms with E-state index in [1.165, 1.54) is 11.3 Å². The van der Waals surface area contributed by atoms with Gasteiger partial charge in [-0.05, 0) is 60.4 Å². The number of ether oxygens (including phenoxy) is 1. The summed E-state index contributed by atoms with van der Waals surface area (Å²) in [5.41, 5.74) is 0.612. The summed E-state index contributed by atoms with van der Waals surface area (Å²) < 4.78 is 5.15. The highest BCUT2D eigenvalue weighted by atomic mass is 32.1. The molecule has 2 N–H and O–H groups in total. The molecule has 2 heterocycles. The zero-order valence-corrected chi connectivity index (χ0v) is 19.6. The standard InChI is InChI=1S/C24H31N3O4S/c1-16(2)15-25-23(29)21(26-22(28)20-5-4-14-32-20)17-10-12-27(13-11-17)24(30)18-6-8-19(31-3)9-7-18/h4-9,14,16-17,21H,10-13,15H2,1-3H3,(H,25,29)(H,26,28)/t21-/m1/s1. The van der Waals surface area contributed by atoms with E-state index in [0.717, 1.165) is 0 Å². The monoisotopic (exact) mass is 457 g/mol. The molecule has 1 aromatic heterocycles. The molecule has 1 fully saturated rings. The van der Waals surface area contributed by atoms with Crippen molar-refractivity contribution in [2.75, 3.05) is 26.7 Å². The van der Waals surface area contributed by atoms with E-state index in [1.807, 2.05) is 30.2 Å². The summed E-state index contributed by atoms with van der Waals surface area (Å²) >= 11 is 1.35. The van der Waals surface area contributed by atoms with Gasteiger partial charge in [0.25, 0.3) is 11.8 Å². The van der Waals surface area contributed by atoms with Crippen molar-refractivity contribution >= 4 is 29.1 Å². The third kappa shape index (κ3) is 6.09. The van der Waals surface area contributed by atoms with Crippen LogP contribution in [-0.2, 0) is 4.79 Å². The fourth-order valence-electron chi connectivity index (χ4n) is 3.78. The number of thiophene rings is 1. The van der Waals surface area contributed by atoms with E-state index in [2.05, 4.69) is 10.6 Å². The summed E-state index contributed by atoms with van der Waals surface area (Å²) in [4.78, 5) is 40.8. The molecule has 0 bridgehead atoms. The average molecular weight is 458 g/mol. The number of nitrogens with one attached hydrogen (secondary N) is 2. The molecular weight excluding hydrogens is 426 g/mol. The van der Waals surface area contributed by atoms with Crippen molar-refractivity contribution in [3.63, 3.8) is 0 Å². The van der Waals surface area contributed by atoms with Crippen molar-refractivity contribution < 1.29 is 19.1 Å². The first-order valence-corrected chi connectivity index (χ1v) is 11.8. The molecule has 1 aliphatic heterocycles. The number of hydrogen-bond acceptors (Lipinski definition) is 5. The molecule has 1 atom stereocenters. The van der Waals surface area contributed by atoms with Crippen molar-refractivity contribution in [3.05, 3.63) is 52.2 Å². The fraction of sp³-hybridized carbons (Fsp3) is 0.458. The lowest BCUT2D eigenvalue weighted by molar-refractivity contribution is -0.124. The molecule has 0 spiro atoms. The molecule has 0 saturated carbocycles. The van der Waals surface area contributed by atoms with Crippen LogP contribution in [0, 0.1) is 11.8 Å².